The molecule has 1 amide bonds. The minimum Gasteiger partial charge on any atom is -0.492 e. The molecule has 1 aromatic carbocycles. The lowest BCUT2D eigenvalue weighted by molar-refractivity contribution is -0.120. The van der Waals surface area contributed by atoms with Crippen molar-refractivity contribution in [3.05, 3.63) is 54.4 Å². The lowest BCUT2D eigenvalue weighted by Crippen LogP contribution is -2.35. The number of sulfonamides is 1. The van der Waals surface area contributed by atoms with Gasteiger partial charge < -0.3 is 4.74 Å². The fourth-order valence-corrected chi connectivity index (χ4v) is 3.13. The predicted octanol–water partition coefficient (Wildman–Crippen LogP) is 1.06. The first-order valence-corrected chi connectivity index (χ1v) is 7.75. The van der Waals surface area contributed by atoms with Gasteiger partial charge in [-0.15, -0.1) is 0 Å². The van der Waals surface area contributed by atoms with Gasteiger partial charge in [-0.05, 0) is 18.2 Å². The van der Waals surface area contributed by atoms with Crippen LogP contribution in [0.3, 0.4) is 0 Å². The number of para-hydroxylation sites is 1. The molecule has 1 N–H and O–H groups in total. The third-order valence-corrected chi connectivity index (χ3v) is 4.53. The van der Waals surface area contributed by atoms with Crippen LogP contribution in [-0.4, -0.2) is 25.9 Å². The highest BCUT2D eigenvalue weighted by Gasteiger charge is 2.32. The van der Waals surface area contributed by atoms with E-state index >= 15 is 0 Å². The molecule has 0 unspecified atom stereocenters. The van der Waals surface area contributed by atoms with Crippen molar-refractivity contribution in [2.45, 2.75) is 10.8 Å². The third-order valence-electron chi connectivity index (χ3n) is 3.20. The molecule has 108 valence electrons. The van der Waals surface area contributed by atoms with Crippen molar-refractivity contribution >= 4 is 15.9 Å². The average Bonchev–Trinajstić information content (AvgIpc) is 2.92. The van der Waals surface area contributed by atoms with Gasteiger partial charge in [0, 0.05) is 18.0 Å². The maximum atomic E-state index is 12.2. The first-order chi connectivity index (χ1) is 10.1. The molecule has 0 saturated heterocycles. The fraction of sp³-hybridized carbons (Fsp3) is 0.143. The topological polar surface area (TPSA) is 85.4 Å². The summed E-state index contributed by atoms with van der Waals surface area (Å²) in [4.78, 5) is 15.9. The van der Waals surface area contributed by atoms with Crippen LogP contribution in [0.15, 0.2) is 53.7 Å². The molecular formula is C14H12N2O4S. The van der Waals surface area contributed by atoms with Crippen LogP contribution in [0, 0.1) is 0 Å². The molecule has 0 aliphatic carbocycles. The number of hydrogen-bond donors (Lipinski definition) is 1. The van der Waals surface area contributed by atoms with E-state index in [-0.39, 0.29) is 11.5 Å². The Morgan fingerprint density at radius 3 is 2.81 bits per heavy atom. The first kappa shape index (κ1) is 13.6. The molecule has 1 atom stereocenters. The third kappa shape index (κ3) is 2.59. The summed E-state index contributed by atoms with van der Waals surface area (Å²) in [6.45, 7) is 0.133. The standard InChI is InChI=1S/C14H12N2O4S/c17-14(12-9-20-13-6-2-1-5-11(12)13)16-21(18,19)10-4-3-7-15-8-10/h1-8,12H,9H2,(H,16,17)/t12-/m0/s1. The van der Waals surface area contributed by atoms with Gasteiger partial charge in [-0.3, -0.25) is 9.78 Å². The molecule has 0 fully saturated rings. The predicted molar refractivity (Wildman–Crippen MR) is 74.2 cm³/mol. The molecule has 1 aliphatic rings. The number of aromatic nitrogens is 1. The Kier molecular flexibility index (Phi) is 3.34. The van der Waals surface area contributed by atoms with E-state index in [2.05, 4.69) is 9.71 Å². The van der Waals surface area contributed by atoms with Crippen LogP contribution < -0.4 is 9.46 Å². The minimum atomic E-state index is -3.92. The van der Waals surface area contributed by atoms with Gasteiger partial charge in [-0.25, -0.2) is 13.1 Å². The zero-order chi connectivity index (χ0) is 14.9. The first-order valence-electron chi connectivity index (χ1n) is 6.26. The van der Waals surface area contributed by atoms with Gasteiger partial charge in [0.05, 0.1) is 0 Å². The van der Waals surface area contributed by atoms with Crippen LogP contribution in [0.1, 0.15) is 11.5 Å². The summed E-state index contributed by atoms with van der Waals surface area (Å²) in [5.41, 5.74) is 0.691. The summed E-state index contributed by atoms with van der Waals surface area (Å²) < 4.78 is 31.7. The second-order valence-electron chi connectivity index (χ2n) is 4.56. The number of fused-ring (bicyclic) bond motifs is 1. The Balaban J connectivity index is 1.82. The van der Waals surface area contributed by atoms with E-state index in [1.165, 1.54) is 24.5 Å². The Morgan fingerprint density at radius 2 is 2.05 bits per heavy atom. The van der Waals surface area contributed by atoms with Crippen molar-refractivity contribution in [3.8, 4) is 5.75 Å². The second-order valence-corrected chi connectivity index (χ2v) is 6.24. The Morgan fingerprint density at radius 1 is 1.24 bits per heavy atom. The highest BCUT2D eigenvalue weighted by Crippen LogP contribution is 2.33. The van der Waals surface area contributed by atoms with Crippen molar-refractivity contribution in [3.63, 3.8) is 0 Å². The van der Waals surface area contributed by atoms with Crippen LogP contribution in [0.5, 0.6) is 5.75 Å². The van der Waals surface area contributed by atoms with Gasteiger partial charge in [0.1, 0.15) is 23.2 Å². The number of nitrogens with one attached hydrogen (secondary N) is 1. The lowest BCUT2D eigenvalue weighted by Gasteiger charge is -2.10. The molecule has 7 heteroatoms. The van der Waals surface area contributed by atoms with E-state index < -0.39 is 21.8 Å². The van der Waals surface area contributed by atoms with E-state index in [0.29, 0.717) is 11.3 Å². The fourth-order valence-electron chi connectivity index (χ4n) is 2.15. The maximum absolute atomic E-state index is 12.2. The molecule has 3 rings (SSSR count). The number of nitrogens with zero attached hydrogens (tertiary/aromatic N) is 1. The van der Waals surface area contributed by atoms with E-state index in [4.69, 9.17) is 4.74 Å². The van der Waals surface area contributed by atoms with Gasteiger partial charge in [-0.1, -0.05) is 18.2 Å². The van der Waals surface area contributed by atoms with E-state index in [9.17, 15) is 13.2 Å². The van der Waals surface area contributed by atoms with Gasteiger partial charge in [0.2, 0.25) is 5.91 Å². The number of rotatable bonds is 3. The normalized spacial score (nSPS) is 16.9. The number of benzene rings is 1. The molecule has 0 saturated carbocycles. The van der Waals surface area contributed by atoms with Crippen molar-refractivity contribution in [2.24, 2.45) is 0 Å². The summed E-state index contributed by atoms with van der Waals surface area (Å²) in [5.74, 6) is -0.632. The number of pyridine rings is 1. The SMILES string of the molecule is O=C(NS(=O)(=O)c1cccnc1)[C@H]1COc2ccccc21. The van der Waals surface area contributed by atoms with Crippen LogP contribution in [0.2, 0.25) is 0 Å². The van der Waals surface area contributed by atoms with Gasteiger partial charge in [-0.2, -0.15) is 0 Å². The maximum Gasteiger partial charge on any atom is 0.265 e. The molecule has 2 heterocycles. The van der Waals surface area contributed by atoms with Crippen LogP contribution in [0.4, 0.5) is 0 Å². The zero-order valence-corrected chi connectivity index (χ0v) is 11.7. The Hall–Kier alpha value is -2.41. The van der Waals surface area contributed by atoms with Crippen molar-refractivity contribution in [1.82, 2.24) is 9.71 Å². The largest absolute Gasteiger partial charge is 0.492 e. The Labute approximate surface area is 121 Å². The summed E-state index contributed by atoms with van der Waals surface area (Å²) in [7, 11) is -3.92. The highest BCUT2D eigenvalue weighted by atomic mass is 32.2. The van der Waals surface area contributed by atoms with Crippen molar-refractivity contribution < 1.29 is 17.9 Å². The summed E-state index contributed by atoms with van der Waals surface area (Å²) >= 11 is 0. The van der Waals surface area contributed by atoms with Crippen LogP contribution >= 0.6 is 0 Å². The number of carbonyl (C=O) groups excluding carboxylic acids is 1. The van der Waals surface area contributed by atoms with E-state index in [0.717, 1.165) is 0 Å². The highest BCUT2D eigenvalue weighted by molar-refractivity contribution is 7.90. The van der Waals surface area contributed by atoms with Gasteiger partial charge in [0.15, 0.2) is 0 Å². The number of amides is 1. The van der Waals surface area contributed by atoms with Crippen molar-refractivity contribution in [1.29, 1.82) is 0 Å². The molecular weight excluding hydrogens is 292 g/mol. The van der Waals surface area contributed by atoms with Gasteiger partial charge >= 0.3 is 0 Å². The smallest absolute Gasteiger partial charge is 0.265 e. The summed E-state index contributed by atoms with van der Waals surface area (Å²) in [6.07, 6.45) is 2.65. The molecule has 1 aromatic heterocycles. The number of hydrogen-bond acceptors (Lipinski definition) is 5. The molecule has 0 spiro atoms. The molecule has 0 radical (unpaired) electrons. The average molecular weight is 304 g/mol. The van der Waals surface area contributed by atoms with E-state index in [1.54, 1.807) is 24.3 Å². The zero-order valence-electron chi connectivity index (χ0n) is 10.9. The van der Waals surface area contributed by atoms with Crippen LogP contribution in [-0.2, 0) is 14.8 Å². The number of carbonyl (C=O) groups is 1. The molecule has 21 heavy (non-hydrogen) atoms. The monoisotopic (exact) mass is 304 g/mol. The van der Waals surface area contributed by atoms with Crippen molar-refractivity contribution in [2.75, 3.05) is 6.61 Å². The molecule has 1 aliphatic heterocycles. The van der Waals surface area contributed by atoms with Gasteiger partial charge in [0.25, 0.3) is 10.0 Å². The van der Waals surface area contributed by atoms with E-state index in [1.807, 2.05) is 0 Å². The Bertz CT molecular complexity index is 775. The quantitative estimate of drug-likeness (QED) is 0.916. The molecule has 2 aromatic rings. The summed E-state index contributed by atoms with van der Waals surface area (Å²) in [6, 6.07) is 9.95. The molecule has 6 nitrogen and oxygen atoms in total. The van der Waals surface area contributed by atoms with Crippen LogP contribution in [0.25, 0.3) is 0 Å². The molecule has 0 bridgehead atoms. The minimum absolute atomic E-state index is 0.0504. The second kappa shape index (κ2) is 5.17. The lowest BCUT2D eigenvalue weighted by atomic mass is 10.0. The number of ether oxygens (including phenoxy) is 1. The summed E-state index contributed by atoms with van der Waals surface area (Å²) in [5, 5.41) is 0.